The lowest BCUT2D eigenvalue weighted by molar-refractivity contribution is -0.138. The number of hydrogen-bond donors (Lipinski definition) is 3. The summed E-state index contributed by atoms with van der Waals surface area (Å²) >= 11 is 0. The van der Waals surface area contributed by atoms with Crippen molar-refractivity contribution < 1.29 is 27.9 Å². The minimum atomic E-state index is -4.46. The summed E-state index contributed by atoms with van der Waals surface area (Å²) in [6.45, 7) is 8.28. The lowest BCUT2D eigenvalue weighted by Crippen LogP contribution is -2.24. The number of nitrogens with zero attached hydrogens (tertiary/aromatic N) is 3. The summed E-state index contributed by atoms with van der Waals surface area (Å²) in [6.07, 6.45) is 0.752. The maximum Gasteiger partial charge on any atom is 0.419 e. The fourth-order valence-electron chi connectivity index (χ4n) is 4.39. The van der Waals surface area contributed by atoms with Crippen molar-refractivity contribution in [3.63, 3.8) is 0 Å². The van der Waals surface area contributed by atoms with E-state index in [1.54, 1.807) is 12.1 Å². The number of rotatable bonds is 12. The SMILES string of the molecule is Cc1cc([C@H](CC(C)C)Nc2ccc(C(=O)NCCCCC(=O)O)cn2)cc(C)c1-n1cc(C(F)(F)F)cn1. The second-order valence-electron chi connectivity index (χ2n) is 10.0. The van der Waals surface area contributed by atoms with Crippen LogP contribution in [-0.2, 0) is 11.0 Å². The number of halogens is 3. The van der Waals surface area contributed by atoms with Gasteiger partial charge in [-0.25, -0.2) is 9.67 Å². The molecule has 39 heavy (non-hydrogen) atoms. The molecule has 3 N–H and O–H groups in total. The van der Waals surface area contributed by atoms with Crippen molar-refractivity contribution in [3.05, 3.63) is 70.7 Å². The van der Waals surface area contributed by atoms with Crippen LogP contribution in [0.5, 0.6) is 0 Å². The van der Waals surface area contributed by atoms with Crippen molar-refractivity contribution in [2.24, 2.45) is 5.92 Å². The van der Waals surface area contributed by atoms with Crippen LogP contribution in [0.25, 0.3) is 5.69 Å². The number of amides is 1. The van der Waals surface area contributed by atoms with Gasteiger partial charge in [-0.2, -0.15) is 18.3 Å². The number of carboxylic acids is 1. The van der Waals surface area contributed by atoms with E-state index in [9.17, 15) is 22.8 Å². The zero-order valence-electron chi connectivity index (χ0n) is 22.5. The first kappa shape index (κ1) is 29.7. The van der Waals surface area contributed by atoms with Gasteiger partial charge in [0.2, 0.25) is 0 Å². The fourth-order valence-corrected chi connectivity index (χ4v) is 4.39. The highest BCUT2D eigenvalue weighted by Gasteiger charge is 2.32. The maximum atomic E-state index is 13.1. The van der Waals surface area contributed by atoms with E-state index in [0.29, 0.717) is 42.4 Å². The van der Waals surface area contributed by atoms with Crippen LogP contribution >= 0.6 is 0 Å². The molecule has 1 amide bonds. The molecule has 2 heterocycles. The predicted molar refractivity (Wildman–Crippen MR) is 142 cm³/mol. The second kappa shape index (κ2) is 12.8. The summed E-state index contributed by atoms with van der Waals surface area (Å²) in [6, 6.07) is 7.17. The molecule has 0 bridgehead atoms. The summed E-state index contributed by atoms with van der Waals surface area (Å²) in [7, 11) is 0. The monoisotopic (exact) mass is 545 g/mol. The average molecular weight is 546 g/mol. The predicted octanol–water partition coefficient (Wildman–Crippen LogP) is 6.09. The number of unbranched alkanes of at least 4 members (excludes halogenated alkanes) is 1. The highest BCUT2D eigenvalue weighted by atomic mass is 19.4. The van der Waals surface area contributed by atoms with Gasteiger partial charge in [-0.15, -0.1) is 0 Å². The van der Waals surface area contributed by atoms with Gasteiger partial charge in [0.1, 0.15) is 5.82 Å². The van der Waals surface area contributed by atoms with Gasteiger partial charge in [-0.1, -0.05) is 26.0 Å². The summed E-state index contributed by atoms with van der Waals surface area (Å²) in [5, 5.41) is 18.8. The van der Waals surface area contributed by atoms with Gasteiger partial charge in [0.05, 0.1) is 29.1 Å². The zero-order chi connectivity index (χ0) is 28.7. The number of alkyl halides is 3. The molecule has 2 aromatic heterocycles. The highest BCUT2D eigenvalue weighted by Crippen LogP contribution is 2.32. The molecule has 8 nitrogen and oxygen atoms in total. The Morgan fingerprint density at radius 1 is 1.08 bits per heavy atom. The number of hydrogen-bond acceptors (Lipinski definition) is 5. The largest absolute Gasteiger partial charge is 0.481 e. The number of carbonyl (C=O) groups is 2. The number of benzene rings is 1. The molecule has 0 saturated heterocycles. The molecule has 0 aliphatic carbocycles. The van der Waals surface area contributed by atoms with Gasteiger partial charge in [-0.05, 0) is 67.9 Å². The van der Waals surface area contributed by atoms with Crippen LogP contribution in [0.15, 0.2) is 42.9 Å². The molecular weight excluding hydrogens is 511 g/mol. The number of aromatic nitrogens is 3. The van der Waals surface area contributed by atoms with Crippen molar-refractivity contribution in [1.29, 1.82) is 0 Å². The van der Waals surface area contributed by atoms with Gasteiger partial charge in [0, 0.05) is 25.4 Å². The van der Waals surface area contributed by atoms with Crippen LogP contribution in [0.4, 0.5) is 19.0 Å². The first-order valence-corrected chi connectivity index (χ1v) is 12.8. The molecule has 0 saturated carbocycles. The molecule has 11 heteroatoms. The van der Waals surface area contributed by atoms with Crippen LogP contribution in [0, 0.1) is 19.8 Å². The van der Waals surface area contributed by atoms with Gasteiger partial charge in [0.25, 0.3) is 5.91 Å². The molecule has 1 atom stereocenters. The second-order valence-corrected chi connectivity index (χ2v) is 10.0. The molecular formula is C28H34F3N5O3. The number of carboxylic acid groups (broad SMARTS) is 1. The van der Waals surface area contributed by atoms with E-state index < -0.39 is 17.7 Å². The number of aryl methyl sites for hydroxylation is 2. The standard InChI is InChI=1S/C28H34F3N5O3/c1-17(2)11-23(35-24-9-8-20(14-33-24)27(39)32-10-6-5-7-25(37)38)21-12-18(3)26(19(4)13-21)36-16-22(15-34-36)28(29,30)31/h8-9,12-17,23H,5-7,10-11H2,1-4H3,(H,32,39)(H,33,35)(H,37,38)/t23-/m0/s1. The summed E-state index contributed by atoms with van der Waals surface area (Å²) < 4.78 is 40.5. The quantitative estimate of drug-likeness (QED) is 0.238. The summed E-state index contributed by atoms with van der Waals surface area (Å²) in [4.78, 5) is 27.3. The van der Waals surface area contributed by atoms with Gasteiger partial charge in [0.15, 0.2) is 0 Å². The first-order chi connectivity index (χ1) is 18.3. The zero-order valence-corrected chi connectivity index (χ0v) is 22.5. The minimum Gasteiger partial charge on any atom is -0.481 e. The summed E-state index contributed by atoms with van der Waals surface area (Å²) in [5.41, 5.74) is 2.75. The van der Waals surface area contributed by atoms with Crippen LogP contribution in [-0.4, -0.2) is 38.3 Å². The Labute approximate surface area is 225 Å². The van der Waals surface area contributed by atoms with E-state index in [1.165, 1.54) is 10.9 Å². The topological polar surface area (TPSA) is 109 Å². The molecule has 0 aliphatic rings. The third kappa shape index (κ3) is 8.30. The van der Waals surface area contributed by atoms with E-state index in [1.807, 2.05) is 26.0 Å². The molecule has 3 rings (SSSR count). The average Bonchev–Trinajstić information content (AvgIpc) is 3.33. The number of aliphatic carboxylic acids is 1. The molecule has 0 fully saturated rings. The van der Waals surface area contributed by atoms with Crippen molar-refractivity contribution in [2.45, 2.75) is 65.6 Å². The molecule has 1 aromatic carbocycles. The van der Waals surface area contributed by atoms with Crippen LogP contribution < -0.4 is 10.6 Å². The van der Waals surface area contributed by atoms with Gasteiger partial charge >= 0.3 is 12.1 Å². The van der Waals surface area contributed by atoms with Crippen molar-refractivity contribution >= 4 is 17.7 Å². The Bertz CT molecular complexity index is 1260. The van der Waals surface area contributed by atoms with Crippen molar-refractivity contribution in [1.82, 2.24) is 20.1 Å². The van der Waals surface area contributed by atoms with E-state index in [0.717, 1.165) is 35.5 Å². The van der Waals surface area contributed by atoms with E-state index in [4.69, 9.17) is 5.11 Å². The van der Waals surface area contributed by atoms with Crippen LogP contribution in [0.1, 0.15) is 78.2 Å². The third-order valence-electron chi connectivity index (χ3n) is 6.21. The molecule has 3 aromatic rings. The van der Waals surface area contributed by atoms with E-state index in [-0.39, 0.29) is 18.4 Å². The fraction of sp³-hybridized carbons (Fsp3) is 0.429. The highest BCUT2D eigenvalue weighted by molar-refractivity contribution is 5.94. The smallest absolute Gasteiger partial charge is 0.419 e. The number of pyridine rings is 1. The van der Waals surface area contributed by atoms with Crippen LogP contribution in [0.2, 0.25) is 0 Å². The third-order valence-corrected chi connectivity index (χ3v) is 6.21. The molecule has 0 unspecified atom stereocenters. The van der Waals surface area contributed by atoms with Crippen molar-refractivity contribution in [2.75, 3.05) is 11.9 Å². The minimum absolute atomic E-state index is 0.0688. The van der Waals surface area contributed by atoms with E-state index in [2.05, 4.69) is 34.6 Å². The maximum absolute atomic E-state index is 13.1. The van der Waals surface area contributed by atoms with Crippen molar-refractivity contribution in [3.8, 4) is 5.69 Å². The Morgan fingerprint density at radius 3 is 2.31 bits per heavy atom. The Kier molecular flexibility index (Phi) is 9.71. The Balaban J connectivity index is 1.74. The molecule has 0 spiro atoms. The number of carbonyl (C=O) groups excluding carboxylic acids is 1. The van der Waals surface area contributed by atoms with E-state index >= 15 is 0 Å². The first-order valence-electron chi connectivity index (χ1n) is 12.8. The molecule has 210 valence electrons. The lowest BCUT2D eigenvalue weighted by atomic mass is 9.93. The molecule has 0 aliphatic heterocycles. The molecule has 0 radical (unpaired) electrons. The Hall–Kier alpha value is -3.89. The number of anilines is 1. The van der Waals surface area contributed by atoms with Gasteiger partial charge in [-0.3, -0.25) is 9.59 Å². The van der Waals surface area contributed by atoms with Crippen LogP contribution in [0.3, 0.4) is 0 Å². The Morgan fingerprint density at radius 2 is 1.77 bits per heavy atom. The normalized spacial score (nSPS) is 12.4. The number of nitrogens with one attached hydrogen (secondary N) is 2. The van der Waals surface area contributed by atoms with Gasteiger partial charge < -0.3 is 15.7 Å². The lowest BCUT2D eigenvalue weighted by Gasteiger charge is -2.24. The summed E-state index contributed by atoms with van der Waals surface area (Å²) in [5.74, 6) is -0.213.